The third-order valence-corrected chi connectivity index (χ3v) is 7.84. The van der Waals surface area contributed by atoms with E-state index in [0.717, 1.165) is 19.1 Å². The molecule has 3 heterocycles. The van der Waals surface area contributed by atoms with Crippen molar-refractivity contribution in [3.05, 3.63) is 47.2 Å². The molecule has 2 aliphatic rings. The lowest BCUT2D eigenvalue weighted by atomic mass is 9.81. The predicted octanol–water partition coefficient (Wildman–Crippen LogP) is 5.66. The zero-order valence-corrected chi connectivity index (χ0v) is 23.1. The molecule has 0 aliphatic heterocycles. The topological polar surface area (TPSA) is 124 Å². The van der Waals surface area contributed by atoms with Crippen LogP contribution in [0.3, 0.4) is 0 Å². The van der Waals surface area contributed by atoms with Crippen molar-refractivity contribution in [3.63, 3.8) is 0 Å². The first-order valence-corrected chi connectivity index (χ1v) is 14.0. The Morgan fingerprint density at radius 3 is 2.45 bits per heavy atom. The average molecular weight is 635 g/mol. The molecular formula is C27H29F7N6O4. The number of alkyl halides is 7. The third kappa shape index (κ3) is 8.04. The number of halogens is 7. The van der Waals surface area contributed by atoms with Gasteiger partial charge in [0.05, 0.1) is 43.2 Å². The molecule has 3 aromatic heterocycles. The monoisotopic (exact) mass is 634 g/mol. The summed E-state index contributed by atoms with van der Waals surface area (Å²) in [5, 5.41) is 13.3. The maximum atomic E-state index is 14.0. The van der Waals surface area contributed by atoms with E-state index in [9.17, 15) is 40.3 Å². The Bertz CT molecular complexity index is 1460. The zero-order valence-electron chi connectivity index (χ0n) is 23.1. The van der Waals surface area contributed by atoms with Gasteiger partial charge in [0.1, 0.15) is 17.5 Å². The minimum Gasteiger partial charge on any atom is -0.364 e. The number of aromatic nitrogens is 4. The van der Waals surface area contributed by atoms with Crippen LogP contribution in [0.5, 0.6) is 0 Å². The van der Waals surface area contributed by atoms with Crippen molar-refractivity contribution in [2.24, 2.45) is 11.8 Å². The minimum absolute atomic E-state index is 0.0197. The summed E-state index contributed by atoms with van der Waals surface area (Å²) < 4.78 is 101. The van der Waals surface area contributed by atoms with Gasteiger partial charge in [-0.25, -0.2) is 18.3 Å². The minimum atomic E-state index is -4.46. The number of carbonyl (C=O) groups is 2. The molecule has 2 N–H and O–H groups in total. The Morgan fingerprint density at radius 1 is 1.09 bits per heavy atom. The summed E-state index contributed by atoms with van der Waals surface area (Å²) in [6, 6.07) is 0.160. The average Bonchev–Trinajstić information content (AvgIpc) is 3.52. The van der Waals surface area contributed by atoms with E-state index < -0.39 is 80.8 Å². The number of hydrogen-bond donors (Lipinski definition) is 2. The van der Waals surface area contributed by atoms with E-state index in [-0.39, 0.29) is 35.7 Å². The molecule has 1 unspecified atom stereocenters. The van der Waals surface area contributed by atoms with Crippen molar-refractivity contribution >= 4 is 17.5 Å². The Kier molecular flexibility index (Phi) is 9.13. The molecule has 10 nitrogen and oxygen atoms in total. The van der Waals surface area contributed by atoms with Gasteiger partial charge in [0, 0.05) is 19.3 Å². The number of nitrogens with one attached hydrogen (secondary N) is 2. The molecule has 2 fully saturated rings. The standard InChI is InChI=1S/C27H29F7N6O4/c28-25(29)43-13-19-17(12-44-39-19)24(42)38-23(15-3-6-26(30,31)7-4-15)18-11-40-20(36-18)9-16(10-35-40)22(14-1-2-14)37-21(41)5-8-27(32,33)34/h9-12,14-15,22-23,25H,1-8,13H2,(H,37,41)(H,38,42)/t22?,23-/m0/s1. The van der Waals surface area contributed by atoms with E-state index in [1.54, 1.807) is 6.07 Å². The van der Waals surface area contributed by atoms with Crippen LogP contribution in [0.15, 0.2) is 29.2 Å². The number of rotatable bonds is 12. The molecule has 2 atom stereocenters. The van der Waals surface area contributed by atoms with E-state index in [4.69, 9.17) is 4.52 Å². The van der Waals surface area contributed by atoms with Gasteiger partial charge in [-0.05, 0) is 49.1 Å². The second-order valence-electron chi connectivity index (χ2n) is 11.1. The van der Waals surface area contributed by atoms with Gasteiger partial charge < -0.3 is 19.9 Å². The van der Waals surface area contributed by atoms with Gasteiger partial charge in [-0.3, -0.25) is 9.59 Å². The first-order valence-electron chi connectivity index (χ1n) is 14.0. The fourth-order valence-electron chi connectivity index (χ4n) is 5.37. The zero-order chi connectivity index (χ0) is 31.6. The van der Waals surface area contributed by atoms with Crippen LogP contribution in [0.1, 0.15) is 90.8 Å². The van der Waals surface area contributed by atoms with Crippen molar-refractivity contribution < 1.29 is 49.6 Å². The number of hydrogen-bond acceptors (Lipinski definition) is 7. The molecule has 5 rings (SSSR count). The molecule has 240 valence electrons. The lowest BCUT2D eigenvalue weighted by Gasteiger charge is -2.33. The fraction of sp³-hybridized carbons (Fsp3) is 0.593. The van der Waals surface area contributed by atoms with Crippen LogP contribution >= 0.6 is 0 Å². The van der Waals surface area contributed by atoms with E-state index in [2.05, 4.69) is 30.6 Å². The number of fused-ring (bicyclic) bond motifs is 1. The van der Waals surface area contributed by atoms with Crippen LogP contribution in [-0.2, 0) is 16.1 Å². The summed E-state index contributed by atoms with van der Waals surface area (Å²) >= 11 is 0. The van der Waals surface area contributed by atoms with Crippen LogP contribution < -0.4 is 10.6 Å². The van der Waals surface area contributed by atoms with Gasteiger partial charge in [0.2, 0.25) is 11.8 Å². The first-order chi connectivity index (χ1) is 20.8. The van der Waals surface area contributed by atoms with Gasteiger partial charge >= 0.3 is 12.8 Å². The maximum Gasteiger partial charge on any atom is 0.389 e. The van der Waals surface area contributed by atoms with Crippen molar-refractivity contribution in [2.45, 2.75) is 88.8 Å². The highest BCUT2D eigenvalue weighted by Gasteiger charge is 2.40. The Balaban J connectivity index is 1.39. The summed E-state index contributed by atoms with van der Waals surface area (Å²) in [6.07, 6.45) is -1.63. The summed E-state index contributed by atoms with van der Waals surface area (Å²) in [5.41, 5.74) is 0.765. The molecule has 3 aromatic rings. The first kappa shape index (κ1) is 31.7. The predicted molar refractivity (Wildman–Crippen MR) is 136 cm³/mol. The molecule has 0 bridgehead atoms. The van der Waals surface area contributed by atoms with Gasteiger partial charge in [0.15, 0.2) is 5.65 Å². The molecule has 17 heteroatoms. The Labute approximate surface area is 245 Å². The normalized spacial score (nSPS) is 18.8. The van der Waals surface area contributed by atoms with Gasteiger partial charge in [-0.1, -0.05) is 5.16 Å². The molecular weight excluding hydrogens is 605 g/mol. The number of carbonyl (C=O) groups excluding carboxylic acids is 2. The summed E-state index contributed by atoms with van der Waals surface area (Å²) in [5.74, 6) is -4.80. The van der Waals surface area contributed by atoms with E-state index in [1.165, 1.54) is 16.9 Å². The second kappa shape index (κ2) is 12.7. The van der Waals surface area contributed by atoms with Crippen LogP contribution in [0.4, 0.5) is 30.7 Å². The maximum absolute atomic E-state index is 14.0. The molecule has 2 amide bonds. The number of imidazole rings is 1. The van der Waals surface area contributed by atoms with Crippen LogP contribution in [-0.4, -0.2) is 50.3 Å². The van der Waals surface area contributed by atoms with E-state index in [0.29, 0.717) is 11.2 Å². The number of amides is 2. The highest BCUT2D eigenvalue weighted by atomic mass is 19.4. The van der Waals surface area contributed by atoms with E-state index >= 15 is 0 Å². The van der Waals surface area contributed by atoms with Crippen LogP contribution in [0, 0.1) is 11.8 Å². The molecule has 0 aromatic carbocycles. The van der Waals surface area contributed by atoms with Crippen LogP contribution in [0.2, 0.25) is 0 Å². The van der Waals surface area contributed by atoms with Crippen molar-refractivity contribution in [1.29, 1.82) is 0 Å². The number of ether oxygens (including phenoxy) is 1. The molecule has 0 spiro atoms. The Morgan fingerprint density at radius 2 is 1.80 bits per heavy atom. The number of nitrogens with zero attached hydrogens (tertiary/aromatic N) is 4. The molecule has 0 saturated heterocycles. The van der Waals surface area contributed by atoms with Crippen LogP contribution in [0.25, 0.3) is 5.65 Å². The van der Waals surface area contributed by atoms with Crippen molar-refractivity contribution in [1.82, 2.24) is 30.4 Å². The summed E-state index contributed by atoms with van der Waals surface area (Å²) in [6.45, 7) is -3.81. The molecule has 2 aliphatic carbocycles. The smallest absolute Gasteiger partial charge is 0.364 e. The molecule has 0 radical (unpaired) electrons. The molecule has 44 heavy (non-hydrogen) atoms. The summed E-state index contributed by atoms with van der Waals surface area (Å²) in [4.78, 5) is 30.1. The van der Waals surface area contributed by atoms with Crippen molar-refractivity contribution in [3.8, 4) is 0 Å². The highest BCUT2D eigenvalue weighted by Crippen LogP contribution is 2.43. The van der Waals surface area contributed by atoms with E-state index in [1.807, 2.05) is 0 Å². The van der Waals surface area contributed by atoms with Crippen molar-refractivity contribution in [2.75, 3.05) is 0 Å². The third-order valence-electron chi connectivity index (χ3n) is 7.84. The molecule has 2 saturated carbocycles. The SMILES string of the molecule is O=C(CCC(F)(F)F)NC(c1cnn2cc([C@@H](NC(=O)c3conc3COC(F)F)C3CCC(F)(F)CC3)nc2c1)C1CC1. The highest BCUT2D eigenvalue weighted by molar-refractivity contribution is 5.95. The quantitative estimate of drug-likeness (QED) is 0.247. The largest absolute Gasteiger partial charge is 0.389 e. The second-order valence-corrected chi connectivity index (χ2v) is 11.1. The Hall–Kier alpha value is -3.76. The lowest BCUT2D eigenvalue weighted by molar-refractivity contribution is -0.144. The van der Waals surface area contributed by atoms with Gasteiger partial charge in [-0.2, -0.15) is 27.1 Å². The summed E-state index contributed by atoms with van der Waals surface area (Å²) in [7, 11) is 0. The fourth-order valence-corrected chi connectivity index (χ4v) is 5.37. The lowest BCUT2D eigenvalue weighted by Crippen LogP contribution is -2.37. The van der Waals surface area contributed by atoms with Gasteiger partial charge in [0.25, 0.3) is 5.91 Å². The van der Waals surface area contributed by atoms with Gasteiger partial charge in [-0.15, -0.1) is 0 Å².